The molecular weight excluding hydrogens is 235 g/mol. The highest BCUT2D eigenvalue weighted by molar-refractivity contribution is 6.39. The van der Waals surface area contributed by atoms with Crippen molar-refractivity contribution < 1.29 is 19.1 Å². The molecule has 0 bridgehead atoms. The summed E-state index contributed by atoms with van der Waals surface area (Å²) in [5.74, 6) is -2.87. The molecule has 0 saturated heterocycles. The van der Waals surface area contributed by atoms with E-state index in [2.05, 4.69) is 0 Å². The molecule has 0 spiro atoms. The van der Waals surface area contributed by atoms with E-state index in [1.54, 1.807) is 24.3 Å². The molecule has 0 unspecified atom stereocenters. The van der Waals surface area contributed by atoms with Gasteiger partial charge in [0.1, 0.15) is 5.82 Å². The topological polar surface area (TPSA) is 54.4 Å². The van der Waals surface area contributed by atoms with Crippen LogP contribution in [-0.4, -0.2) is 16.9 Å². The normalized spacial score (nSPS) is 10.1. The molecule has 18 heavy (non-hydrogen) atoms. The summed E-state index contributed by atoms with van der Waals surface area (Å²) in [5, 5.41) is 8.63. The first-order valence-corrected chi connectivity index (χ1v) is 5.21. The monoisotopic (exact) mass is 244 g/mol. The molecule has 0 heterocycles. The Bertz CT molecular complexity index is 620. The van der Waals surface area contributed by atoms with Crippen LogP contribution in [0.1, 0.15) is 10.4 Å². The number of rotatable bonds is 3. The quantitative estimate of drug-likeness (QED) is 0.667. The van der Waals surface area contributed by atoms with Crippen molar-refractivity contribution in [2.24, 2.45) is 0 Å². The second-order valence-corrected chi connectivity index (χ2v) is 3.73. The average Bonchev–Trinajstić information content (AvgIpc) is 2.38. The van der Waals surface area contributed by atoms with Gasteiger partial charge >= 0.3 is 5.97 Å². The fourth-order valence-electron chi connectivity index (χ4n) is 1.63. The Kier molecular flexibility index (Phi) is 3.19. The van der Waals surface area contributed by atoms with Gasteiger partial charge in [0.2, 0.25) is 0 Å². The minimum absolute atomic E-state index is 0.0734. The highest BCUT2D eigenvalue weighted by atomic mass is 19.1. The maximum absolute atomic E-state index is 13.1. The molecule has 0 radical (unpaired) electrons. The van der Waals surface area contributed by atoms with E-state index in [0.717, 1.165) is 0 Å². The van der Waals surface area contributed by atoms with Crippen LogP contribution in [-0.2, 0) is 4.79 Å². The number of hydrogen-bond acceptors (Lipinski definition) is 2. The number of halogens is 1. The maximum Gasteiger partial charge on any atom is 0.377 e. The summed E-state index contributed by atoms with van der Waals surface area (Å²) in [4.78, 5) is 21.9. The number of carbonyl (C=O) groups excluding carboxylic acids is 1. The first kappa shape index (κ1) is 12.0. The van der Waals surface area contributed by atoms with Crippen molar-refractivity contribution in [2.75, 3.05) is 0 Å². The van der Waals surface area contributed by atoms with E-state index in [-0.39, 0.29) is 11.4 Å². The molecule has 4 heteroatoms. The summed E-state index contributed by atoms with van der Waals surface area (Å²) in [6, 6.07) is 12.0. The summed E-state index contributed by atoms with van der Waals surface area (Å²) in [5.41, 5.74) is 1.26. The van der Waals surface area contributed by atoms with Gasteiger partial charge < -0.3 is 5.11 Å². The van der Waals surface area contributed by atoms with Gasteiger partial charge in [-0.3, -0.25) is 4.79 Å². The van der Waals surface area contributed by atoms with Gasteiger partial charge in [-0.05, 0) is 29.3 Å². The zero-order valence-electron chi connectivity index (χ0n) is 9.26. The van der Waals surface area contributed by atoms with E-state index in [4.69, 9.17) is 5.11 Å². The van der Waals surface area contributed by atoms with Gasteiger partial charge in [-0.2, -0.15) is 0 Å². The molecule has 0 aliphatic heterocycles. The molecule has 0 saturated carbocycles. The lowest BCUT2D eigenvalue weighted by Gasteiger charge is -2.03. The molecule has 0 fully saturated rings. The number of Topliss-reactive ketones (excluding diaryl/α,β-unsaturated/α-hetero) is 1. The fourth-order valence-corrected chi connectivity index (χ4v) is 1.63. The third-order valence-corrected chi connectivity index (χ3v) is 2.48. The van der Waals surface area contributed by atoms with E-state index in [1.807, 2.05) is 0 Å². The first-order valence-electron chi connectivity index (χ1n) is 5.21. The molecule has 1 N–H and O–H groups in total. The Morgan fingerprint density at radius 3 is 2.17 bits per heavy atom. The molecule has 0 atom stereocenters. The summed E-state index contributed by atoms with van der Waals surface area (Å²) in [7, 11) is 0. The number of hydrogen-bond donors (Lipinski definition) is 1. The molecule has 2 rings (SSSR count). The second kappa shape index (κ2) is 4.79. The van der Waals surface area contributed by atoms with Crippen LogP contribution in [0, 0.1) is 5.82 Å². The lowest BCUT2D eigenvalue weighted by Crippen LogP contribution is -2.12. The van der Waals surface area contributed by atoms with Crippen LogP contribution in [0.15, 0.2) is 48.5 Å². The molecule has 2 aromatic carbocycles. The number of carbonyl (C=O) groups is 2. The summed E-state index contributed by atoms with van der Waals surface area (Å²) in [6.07, 6.45) is 0. The minimum atomic E-state index is -1.51. The molecule has 0 amide bonds. The minimum Gasteiger partial charge on any atom is -0.475 e. The van der Waals surface area contributed by atoms with Gasteiger partial charge in [0.05, 0.1) is 0 Å². The van der Waals surface area contributed by atoms with E-state index >= 15 is 0 Å². The van der Waals surface area contributed by atoms with Crippen molar-refractivity contribution in [3.8, 4) is 11.1 Å². The number of aliphatic carboxylic acids is 1. The van der Waals surface area contributed by atoms with Crippen LogP contribution < -0.4 is 0 Å². The van der Waals surface area contributed by atoms with Crippen LogP contribution in [0.2, 0.25) is 0 Å². The van der Waals surface area contributed by atoms with Crippen LogP contribution in [0.25, 0.3) is 11.1 Å². The first-order chi connectivity index (χ1) is 8.58. The average molecular weight is 244 g/mol. The molecule has 0 aliphatic carbocycles. The predicted octanol–water partition coefficient (Wildman–Crippen LogP) is 2.76. The lowest BCUT2D eigenvalue weighted by atomic mass is 10.0. The number of carboxylic acids is 1. The molecular formula is C14H9FO3. The van der Waals surface area contributed by atoms with Gasteiger partial charge in [0.15, 0.2) is 0 Å². The zero-order chi connectivity index (χ0) is 13.1. The Morgan fingerprint density at radius 2 is 1.56 bits per heavy atom. The van der Waals surface area contributed by atoms with E-state index in [1.165, 1.54) is 24.3 Å². The molecule has 0 aliphatic rings. The Balaban J connectivity index is 2.45. The van der Waals surface area contributed by atoms with Crippen molar-refractivity contribution in [2.45, 2.75) is 0 Å². The van der Waals surface area contributed by atoms with Crippen molar-refractivity contribution in [1.29, 1.82) is 0 Å². The van der Waals surface area contributed by atoms with Crippen LogP contribution in [0.3, 0.4) is 0 Å². The summed E-state index contributed by atoms with van der Waals surface area (Å²) in [6.45, 7) is 0. The number of ketones is 1. The Hall–Kier alpha value is -2.49. The molecule has 2 aromatic rings. The molecule has 90 valence electrons. The zero-order valence-corrected chi connectivity index (χ0v) is 9.26. The fraction of sp³-hybridized carbons (Fsp3) is 0. The van der Waals surface area contributed by atoms with E-state index < -0.39 is 11.8 Å². The predicted molar refractivity (Wildman–Crippen MR) is 63.8 cm³/mol. The standard InChI is InChI=1S/C14H9FO3/c15-12-6-2-4-10(8-12)9-3-1-5-11(7-9)13(16)14(17)18/h1-8H,(H,17,18). The van der Waals surface area contributed by atoms with Crippen LogP contribution >= 0.6 is 0 Å². The van der Waals surface area contributed by atoms with Crippen molar-refractivity contribution >= 4 is 11.8 Å². The summed E-state index contributed by atoms with van der Waals surface area (Å²) < 4.78 is 13.1. The SMILES string of the molecule is O=C(O)C(=O)c1cccc(-c2cccc(F)c2)c1. The lowest BCUT2D eigenvalue weighted by molar-refractivity contribution is -0.131. The highest BCUT2D eigenvalue weighted by Gasteiger charge is 2.14. The number of carboxylic acid groups (broad SMARTS) is 1. The van der Waals surface area contributed by atoms with Gasteiger partial charge in [-0.1, -0.05) is 30.3 Å². The van der Waals surface area contributed by atoms with Crippen molar-refractivity contribution in [3.05, 3.63) is 59.9 Å². The Morgan fingerprint density at radius 1 is 0.944 bits per heavy atom. The van der Waals surface area contributed by atoms with Gasteiger partial charge in [0.25, 0.3) is 5.78 Å². The Labute approximate surface area is 103 Å². The third kappa shape index (κ3) is 2.43. The second-order valence-electron chi connectivity index (χ2n) is 3.73. The van der Waals surface area contributed by atoms with E-state index in [0.29, 0.717) is 11.1 Å². The van der Waals surface area contributed by atoms with Crippen molar-refractivity contribution in [3.63, 3.8) is 0 Å². The van der Waals surface area contributed by atoms with Crippen LogP contribution in [0.4, 0.5) is 4.39 Å². The van der Waals surface area contributed by atoms with Gasteiger partial charge in [-0.25, -0.2) is 9.18 Å². The largest absolute Gasteiger partial charge is 0.475 e. The highest BCUT2D eigenvalue weighted by Crippen LogP contribution is 2.21. The third-order valence-electron chi connectivity index (χ3n) is 2.48. The maximum atomic E-state index is 13.1. The smallest absolute Gasteiger partial charge is 0.377 e. The molecule has 0 aromatic heterocycles. The van der Waals surface area contributed by atoms with E-state index in [9.17, 15) is 14.0 Å². The van der Waals surface area contributed by atoms with Crippen molar-refractivity contribution in [1.82, 2.24) is 0 Å². The van der Waals surface area contributed by atoms with Gasteiger partial charge in [0, 0.05) is 5.56 Å². The summed E-state index contributed by atoms with van der Waals surface area (Å²) >= 11 is 0. The molecule has 3 nitrogen and oxygen atoms in total. The van der Waals surface area contributed by atoms with Gasteiger partial charge in [-0.15, -0.1) is 0 Å². The number of benzene rings is 2. The van der Waals surface area contributed by atoms with Crippen LogP contribution in [0.5, 0.6) is 0 Å².